The van der Waals surface area contributed by atoms with Crippen LogP contribution in [-0.2, 0) is 12.0 Å². The van der Waals surface area contributed by atoms with Crippen LogP contribution >= 0.6 is 11.3 Å². The second-order valence-electron chi connectivity index (χ2n) is 5.61. The average Bonchev–Trinajstić information content (AvgIpc) is 3.02. The van der Waals surface area contributed by atoms with Crippen LogP contribution in [0.25, 0.3) is 0 Å². The van der Waals surface area contributed by atoms with Crippen LogP contribution in [0.4, 0.5) is 0 Å². The van der Waals surface area contributed by atoms with Gasteiger partial charge in [-0.05, 0) is 17.0 Å². The molecule has 1 aromatic heterocycles. The Morgan fingerprint density at radius 2 is 1.86 bits per heavy atom. The van der Waals surface area contributed by atoms with Crippen LogP contribution in [-0.4, -0.2) is 19.6 Å². The van der Waals surface area contributed by atoms with E-state index in [0.29, 0.717) is 0 Å². The fraction of sp³-hybridized carbons (Fsp3) is 0.353. The highest BCUT2D eigenvalue weighted by Crippen LogP contribution is 2.21. The van der Waals surface area contributed by atoms with Gasteiger partial charge in [0.15, 0.2) is 5.96 Å². The minimum absolute atomic E-state index is 0.0574. The largest absolute Gasteiger partial charge is 0.356 e. The molecular weight excluding hydrogens is 278 g/mol. The molecule has 1 aromatic carbocycles. The number of benzene rings is 1. The van der Waals surface area contributed by atoms with E-state index in [0.717, 1.165) is 19.0 Å². The molecule has 2 N–H and O–H groups in total. The normalized spacial score (nSPS) is 12.2. The molecule has 0 saturated carbocycles. The Kier molecular flexibility index (Phi) is 5.39. The first kappa shape index (κ1) is 15.6. The van der Waals surface area contributed by atoms with Gasteiger partial charge in [0.1, 0.15) is 0 Å². The van der Waals surface area contributed by atoms with Crippen molar-refractivity contribution in [3.63, 3.8) is 0 Å². The minimum atomic E-state index is 0.0574. The third-order valence-corrected chi connectivity index (χ3v) is 4.36. The van der Waals surface area contributed by atoms with Crippen molar-refractivity contribution in [1.29, 1.82) is 0 Å². The van der Waals surface area contributed by atoms with Gasteiger partial charge < -0.3 is 10.6 Å². The van der Waals surface area contributed by atoms with Crippen molar-refractivity contribution in [1.82, 2.24) is 10.6 Å². The minimum Gasteiger partial charge on any atom is -0.356 e. The van der Waals surface area contributed by atoms with Gasteiger partial charge in [-0.25, -0.2) is 0 Å². The number of nitrogens with zero attached hydrogens (tertiary/aromatic N) is 1. The third kappa shape index (κ3) is 4.60. The summed E-state index contributed by atoms with van der Waals surface area (Å²) in [6.45, 7) is 6.12. The summed E-state index contributed by atoms with van der Waals surface area (Å²) in [6, 6.07) is 14.7. The van der Waals surface area contributed by atoms with Gasteiger partial charge in [-0.2, -0.15) is 0 Å². The molecule has 2 aromatic rings. The molecule has 0 saturated heterocycles. The Balaban J connectivity index is 1.88. The van der Waals surface area contributed by atoms with Crippen LogP contribution in [0.2, 0.25) is 0 Å². The van der Waals surface area contributed by atoms with Gasteiger partial charge in [0.05, 0.1) is 6.54 Å². The fourth-order valence-electron chi connectivity index (χ4n) is 2.10. The summed E-state index contributed by atoms with van der Waals surface area (Å²) in [5.41, 5.74) is 1.38. The molecule has 0 aliphatic carbocycles. The van der Waals surface area contributed by atoms with Crippen molar-refractivity contribution in [2.75, 3.05) is 13.6 Å². The molecule has 1 heterocycles. The number of aliphatic imine (C=N–C) groups is 1. The lowest BCUT2D eigenvalue weighted by Crippen LogP contribution is -2.43. The number of guanidine groups is 1. The first-order valence-electron chi connectivity index (χ1n) is 7.14. The average molecular weight is 301 g/mol. The summed E-state index contributed by atoms with van der Waals surface area (Å²) < 4.78 is 0. The standard InChI is InChI=1S/C17H23N3S/c1-17(2,14-8-5-4-6-9-14)13-20-16(18-3)19-12-15-10-7-11-21-15/h4-11H,12-13H2,1-3H3,(H2,18,19,20). The Bertz CT molecular complexity index is 559. The Morgan fingerprint density at radius 3 is 2.48 bits per heavy atom. The van der Waals surface area contributed by atoms with Crippen LogP contribution < -0.4 is 10.6 Å². The summed E-state index contributed by atoms with van der Waals surface area (Å²) >= 11 is 1.75. The summed E-state index contributed by atoms with van der Waals surface area (Å²) in [5.74, 6) is 0.840. The predicted octanol–water partition coefficient (Wildman–Crippen LogP) is 3.39. The molecular formula is C17H23N3S. The molecule has 0 unspecified atom stereocenters. The molecule has 0 bridgehead atoms. The van der Waals surface area contributed by atoms with E-state index in [1.54, 1.807) is 18.4 Å². The second kappa shape index (κ2) is 7.27. The monoisotopic (exact) mass is 301 g/mol. The van der Waals surface area contributed by atoms with Crippen molar-refractivity contribution in [2.24, 2.45) is 4.99 Å². The van der Waals surface area contributed by atoms with E-state index < -0.39 is 0 Å². The van der Waals surface area contributed by atoms with E-state index in [1.807, 2.05) is 0 Å². The number of nitrogens with one attached hydrogen (secondary N) is 2. The lowest BCUT2D eigenvalue weighted by molar-refractivity contribution is 0.508. The summed E-state index contributed by atoms with van der Waals surface area (Å²) in [7, 11) is 1.80. The van der Waals surface area contributed by atoms with Crippen molar-refractivity contribution >= 4 is 17.3 Å². The van der Waals surface area contributed by atoms with Crippen LogP contribution in [0.1, 0.15) is 24.3 Å². The smallest absolute Gasteiger partial charge is 0.191 e. The summed E-state index contributed by atoms with van der Waals surface area (Å²) in [6.07, 6.45) is 0. The molecule has 0 spiro atoms. The Hall–Kier alpha value is -1.81. The van der Waals surface area contributed by atoms with Crippen LogP contribution in [0.15, 0.2) is 52.8 Å². The Labute approximate surface area is 131 Å². The van der Waals surface area contributed by atoms with Crippen LogP contribution in [0, 0.1) is 0 Å². The molecule has 0 atom stereocenters. The predicted molar refractivity (Wildman–Crippen MR) is 92.0 cm³/mol. The SMILES string of the molecule is CN=C(NCc1cccs1)NCC(C)(C)c1ccccc1. The van der Waals surface area contributed by atoms with Gasteiger partial charge in [-0.3, -0.25) is 4.99 Å². The summed E-state index contributed by atoms with van der Waals surface area (Å²) in [5, 5.41) is 8.85. The Morgan fingerprint density at radius 1 is 1.10 bits per heavy atom. The maximum absolute atomic E-state index is 4.28. The van der Waals surface area contributed by atoms with Gasteiger partial charge in [0, 0.05) is 23.9 Å². The van der Waals surface area contributed by atoms with Gasteiger partial charge in [0.25, 0.3) is 0 Å². The van der Waals surface area contributed by atoms with Crippen LogP contribution in [0.3, 0.4) is 0 Å². The van der Waals surface area contributed by atoms with Crippen molar-refractivity contribution in [2.45, 2.75) is 25.8 Å². The molecule has 112 valence electrons. The van der Waals surface area contributed by atoms with Crippen LogP contribution in [0.5, 0.6) is 0 Å². The quantitative estimate of drug-likeness (QED) is 0.656. The lowest BCUT2D eigenvalue weighted by Gasteiger charge is -2.26. The van der Waals surface area contributed by atoms with E-state index in [4.69, 9.17) is 0 Å². The van der Waals surface area contributed by atoms with E-state index in [2.05, 4.69) is 77.3 Å². The molecule has 0 radical (unpaired) electrons. The molecule has 0 amide bonds. The molecule has 3 nitrogen and oxygen atoms in total. The van der Waals surface area contributed by atoms with Crippen molar-refractivity contribution in [3.05, 3.63) is 58.3 Å². The highest BCUT2D eigenvalue weighted by molar-refractivity contribution is 7.09. The molecule has 0 aliphatic rings. The topological polar surface area (TPSA) is 36.4 Å². The fourth-order valence-corrected chi connectivity index (χ4v) is 2.75. The van der Waals surface area contributed by atoms with Gasteiger partial charge in [0.2, 0.25) is 0 Å². The number of hydrogen-bond donors (Lipinski definition) is 2. The van der Waals surface area contributed by atoms with E-state index >= 15 is 0 Å². The number of hydrogen-bond acceptors (Lipinski definition) is 2. The molecule has 0 aliphatic heterocycles. The molecule has 2 rings (SSSR count). The maximum atomic E-state index is 4.28. The highest BCUT2D eigenvalue weighted by Gasteiger charge is 2.20. The lowest BCUT2D eigenvalue weighted by atomic mass is 9.85. The van der Waals surface area contributed by atoms with Gasteiger partial charge in [-0.15, -0.1) is 11.3 Å². The first-order chi connectivity index (χ1) is 10.1. The van der Waals surface area contributed by atoms with Crippen molar-refractivity contribution < 1.29 is 0 Å². The second-order valence-corrected chi connectivity index (χ2v) is 6.64. The molecule has 0 fully saturated rings. The van der Waals surface area contributed by atoms with Gasteiger partial charge >= 0.3 is 0 Å². The van der Waals surface area contributed by atoms with E-state index in [1.165, 1.54) is 10.4 Å². The third-order valence-electron chi connectivity index (χ3n) is 3.49. The first-order valence-corrected chi connectivity index (χ1v) is 8.02. The molecule has 21 heavy (non-hydrogen) atoms. The van der Waals surface area contributed by atoms with E-state index in [-0.39, 0.29) is 5.41 Å². The zero-order valence-corrected chi connectivity index (χ0v) is 13.7. The van der Waals surface area contributed by atoms with E-state index in [9.17, 15) is 0 Å². The van der Waals surface area contributed by atoms with Crippen molar-refractivity contribution in [3.8, 4) is 0 Å². The number of rotatable bonds is 5. The highest BCUT2D eigenvalue weighted by atomic mass is 32.1. The molecule has 4 heteroatoms. The maximum Gasteiger partial charge on any atom is 0.191 e. The van der Waals surface area contributed by atoms with Gasteiger partial charge in [-0.1, -0.05) is 50.2 Å². The summed E-state index contributed by atoms with van der Waals surface area (Å²) in [4.78, 5) is 5.59. The number of thiophene rings is 1. The zero-order valence-electron chi connectivity index (χ0n) is 12.9. The zero-order chi connectivity index (χ0) is 15.1.